The second-order valence-electron chi connectivity index (χ2n) is 9.48. The fraction of sp³-hybridized carbons (Fsp3) is 0.0645. The van der Waals surface area contributed by atoms with Gasteiger partial charge in [0.15, 0.2) is 5.82 Å². The molecule has 2 aromatic carbocycles. The van der Waals surface area contributed by atoms with Crippen LogP contribution in [0.1, 0.15) is 11.1 Å². The van der Waals surface area contributed by atoms with Crippen molar-refractivity contribution >= 4 is 21.9 Å². The molecule has 0 aliphatic rings. The lowest BCUT2D eigenvalue weighted by molar-refractivity contribution is 0.632. The zero-order chi connectivity index (χ0) is 26.9. The first kappa shape index (κ1) is 23.8. The molecule has 0 atom stereocenters. The van der Waals surface area contributed by atoms with Crippen LogP contribution in [-0.4, -0.2) is 35.1 Å². The number of hydrogen-bond donors (Lipinski definition) is 3. The van der Waals surface area contributed by atoms with Gasteiger partial charge in [0.1, 0.15) is 22.7 Å². The van der Waals surface area contributed by atoms with Crippen molar-refractivity contribution in [3.63, 3.8) is 0 Å². The normalized spacial score (nSPS) is 11.4. The largest absolute Gasteiger partial charge is 0.336 e. The number of hydrogen-bond acceptors (Lipinski definition) is 6. The molecule has 0 amide bonds. The van der Waals surface area contributed by atoms with Gasteiger partial charge in [0.2, 0.25) is 0 Å². The van der Waals surface area contributed by atoms with Crippen molar-refractivity contribution in [3.05, 3.63) is 115 Å². The van der Waals surface area contributed by atoms with E-state index in [0.717, 1.165) is 28.7 Å². The number of fused-ring (bicyclic) bond motifs is 2. The van der Waals surface area contributed by atoms with Crippen molar-refractivity contribution in [2.24, 2.45) is 0 Å². The lowest BCUT2D eigenvalue weighted by Gasteiger charge is -2.08. The Morgan fingerprint density at radius 2 is 1.65 bits per heavy atom. The topological polar surface area (TPSA) is 108 Å². The molecule has 8 nitrogen and oxygen atoms in total. The van der Waals surface area contributed by atoms with Gasteiger partial charge in [-0.05, 0) is 41.5 Å². The molecule has 0 saturated carbocycles. The highest BCUT2D eigenvalue weighted by molar-refractivity contribution is 5.97. The van der Waals surface area contributed by atoms with E-state index < -0.39 is 0 Å². The van der Waals surface area contributed by atoms with E-state index >= 15 is 4.39 Å². The quantitative estimate of drug-likeness (QED) is 0.233. The van der Waals surface area contributed by atoms with E-state index in [2.05, 4.69) is 47.6 Å². The van der Waals surface area contributed by atoms with Gasteiger partial charge in [0, 0.05) is 60.5 Å². The number of rotatable bonds is 7. The third-order valence-corrected chi connectivity index (χ3v) is 6.79. The summed E-state index contributed by atoms with van der Waals surface area (Å²) in [5.41, 5.74) is 7.37. The standard InChI is InChI=1S/C31H23FN8/c32-24-14-27-23(13-22(24)21-12-20(17-34-18-21)16-33-15-19-6-2-1-3-7-19)28(40-39-27)31-37-26-9-11-36-29(30(26)38-31)25-8-4-5-10-35-25/h1-14,17-18,33H,15-16H2,(H,37,38)(H,39,40). The zero-order valence-electron chi connectivity index (χ0n) is 21.3. The van der Waals surface area contributed by atoms with Crippen LogP contribution in [0.2, 0.25) is 0 Å². The Bertz CT molecular complexity index is 1950. The first-order valence-electron chi connectivity index (χ1n) is 12.9. The van der Waals surface area contributed by atoms with E-state index in [-0.39, 0.29) is 5.82 Å². The van der Waals surface area contributed by atoms with Gasteiger partial charge in [-0.1, -0.05) is 36.4 Å². The molecule has 40 heavy (non-hydrogen) atoms. The number of nitrogens with one attached hydrogen (secondary N) is 3. The van der Waals surface area contributed by atoms with E-state index in [1.165, 1.54) is 11.6 Å². The monoisotopic (exact) mass is 526 g/mol. The van der Waals surface area contributed by atoms with Crippen molar-refractivity contribution in [2.45, 2.75) is 13.1 Å². The first-order chi connectivity index (χ1) is 19.7. The third-order valence-electron chi connectivity index (χ3n) is 6.79. The van der Waals surface area contributed by atoms with Crippen LogP contribution in [0.3, 0.4) is 0 Å². The number of nitrogens with zero attached hydrogens (tertiary/aromatic N) is 5. The Morgan fingerprint density at radius 3 is 2.52 bits per heavy atom. The molecule has 194 valence electrons. The van der Waals surface area contributed by atoms with Crippen LogP contribution in [0, 0.1) is 5.82 Å². The molecule has 0 unspecified atom stereocenters. The summed E-state index contributed by atoms with van der Waals surface area (Å²) in [6, 6.07) is 22.9. The summed E-state index contributed by atoms with van der Waals surface area (Å²) in [7, 11) is 0. The lowest BCUT2D eigenvalue weighted by atomic mass is 10.0. The van der Waals surface area contributed by atoms with Gasteiger partial charge in [-0.15, -0.1) is 0 Å². The fourth-order valence-corrected chi connectivity index (χ4v) is 4.86. The summed E-state index contributed by atoms with van der Waals surface area (Å²) in [4.78, 5) is 21.5. The molecule has 7 aromatic rings. The van der Waals surface area contributed by atoms with Crippen LogP contribution < -0.4 is 5.32 Å². The molecular weight excluding hydrogens is 503 g/mol. The minimum atomic E-state index is -0.356. The van der Waals surface area contributed by atoms with Crippen molar-refractivity contribution in [2.75, 3.05) is 0 Å². The van der Waals surface area contributed by atoms with Crippen LogP contribution in [0.5, 0.6) is 0 Å². The van der Waals surface area contributed by atoms with Crippen molar-refractivity contribution < 1.29 is 4.39 Å². The van der Waals surface area contributed by atoms with Crippen LogP contribution in [0.15, 0.2) is 97.6 Å². The predicted molar refractivity (Wildman–Crippen MR) is 152 cm³/mol. The average Bonchev–Trinajstić information content (AvgIpc) is 3.61. The smallest absolute Gasteiger partial charge is 0.159 e. The van der Waals surface area contributed by atoms with Crippen molar-refractivity contribution in [1.82, 2.24) is 40.4 Å². The molecule has 9 heteroatoms. The molecule has 0 saturated heterocycles. The highest BCUT2D eigenvalue weighted by Crippen LogP contribution is 2.33. The molecule has 0 radical (unpaired) electrons. The van der Waals surface area contributed by atoms with Crippen LogP contribution in [0.25, 0.3) is 56.0 Å². The minimum absolute atomic E-state index is 0.356. The molecule has 0 aliphatic carbocycles. The summed E-state index contributed by atoms with van der Waals surface area (Å²) >= 11 is 0. The molecule has 0 spiro atoms. The van der Waals surface area contributed by atoms with Gasteiger partial charge >= 0.3 is 0 Å². The van der Waals surface area contributed by atoms with E-state index in [9.17, 15) is 0 Å². The second-order valence-corrected chi connectivity index (χ2v) is 9.48. The van der Waals surface area contributed by atoms with Crippen LogP contribution in [-0.2, 0) is 13.1 Å². The summed E-state index contributed by atoms with van der Waals surface area (Å²) in [6.07, 6.45) is 6.92. The molecule has 7 rings (SSSR count). The Labute approximate surface area is 228 Å². The van der Waals surface area contributed by atoms with Crippen LogP contribution >= 0.6 is 0 Å². The molecule has 0 bridgehead atoms. The second kappa shape index (κ2) is 10.1. The van der Waals surface area contributed by atoms with E-state index in [4.69, 9.17) is 4.98 Å². The Hall–Kier alpha value is -5.28. The summed E-state index contributed by atoms with van der Waals surface area (Å²) in [5.74, 6) is 0.200. The molecule has 3 N–H and O–H groups in total. The minimum Gasteiger partial charge on any atom is -0.336 e. The van der Waals surface area contributed by atoms with E-state index in [1.54, 1.807) is 30.9 Å². The highest BCUT2D eigenvalue weighted by atomic mass is 19.1. The zero-order valence-corrected chi connectivity index (χ0v) is 21.3. The SMILES string of the molecule is Fc1cc2[nH]nc(-c3nc4c(-c5ccccn5)nccc4[nH]3)c2cc1-c1cncc(CNCc2ccccc2)c1. The molecular formula is C31H23FN8. The van der Waals surface area contributed by atoms with Crippen molar-refractivity contribution in [1.29, 1.82) is 0 Å². The predicted octanol–water partition coefficient (Wildman–Crippen LogP) is 6.05. The van der Waals surface area contributed by atoms with Crippen molar-refractivity contribution in [3.8, 4) is 34.0 Å². The molecule has 0 aliphatic heterocycles. The number of aromatic amines is 2. The maximum Gasteiger partial charge on any atom is 0.159 e. The molecule has 0 fully saturated rings. The maximum absolute atomic E-state index is 15.3. The van der Waals surface area contributed by atoms with Gasteiger partial charge in [0.25, 0.3) is 0 Å². The Morgan fingerprint density at radius 1 is 0.775 bits per heavy atom. The Balaban J connectivity index is 1.23. The summed E-state index contributed by atoms with van der Waals surface area (Å²) in [5, 5.41) is 11.6. The number of pyridine rings is 3. The first-order valence-corrected chi connectivity index (χ1v) is 12.9. The lowest BCUT2D eigenvalue weighted by Crippen LogP contribution is -2.12. The number of imidazole rings is 1. The van der Waals surface area contributed by atoms with Gasteiger partial charge in [-0.25, -0.2) is 9.37 Å². The van der Waals surface area contributed by atoms with Gasteiger partial charge < -0.3 is 10.3 Å². The number of benzene rings is 2. The number of aromatic nitrogens is 7. The fourth-order valence-electron chi connectivity index (χ4n) is 4.86. The maximum atomic E-state index is 15.3. The van der Waals surface area contributed by atoms with Crippen LogP contribution in [0.4, 0.5) is 4.39 Å². The summed E-state index contributed by atoms with van der Waals surface area (Å²) in [6.45, 7) is 1.35. The molecule has 5 heterocycles. The number of H-pyrrole nitrogens is 2. The van der Waals surface area contributed by atoms with Gasteiger partial charge in [-0.2, -0.15) is 5.10 Å². The van der Waals surface area contributed by atoms with Gasteiger partial charge in [-0.3, -0.25) is 20.1 Å². The Kier molecular flexibility index (Phi) is 6.02. The average molecular weight is 527 g/mol. The van der Waals surface area contributed by atoms with E-state index in [1.807, 2.05) is 48.5 Å². The summed E-state index contributed by atoms with van der Waals surface area (Å²) < 4.78 is 15.3. The molecule has 5 aromatic heterocycles. The highest BCUT2D eigenvalue weighted by Gasteiger charge is 2.18. The van der Waals surface area contributed by atoms with Gasteiger partial charge in [0.05, 0.1) is 16.7 Å². The van der Waals surface area contributed by atoms with E-state index in [0.29, 0.717) is 45.9 Å². The third kappa shape index (κ3) is 4.48. The number of halogens is 1.